The maximum absolute atomic E-state index is 6.31. The Bertz CT molecular complexity index is 523. The molecule has 1 unspecified atom stereocenters. The van der Waals surface area contributed by atoms with Crippen LogP contribution in [0.1, 0.15) is 23.1 Å². The molecule has 0 radical (unpaired) electrons. The largest absolute Gasteiger partial charge is 0.493 e. The van der Waals surface area contributed by atoms with Gasteiger partial charge in [-0.2, -0.15) is 0 Å². The second kappa shape index (κ2) is 5.59. The van der Waals surface area contributed by atoms with E-state index in [1.807, 2.05) is 0 Å². The molecular weight excluding hydrogens is 262 g/mol. The molecule has 4 nitrogen and oxygen atoms in total. The lowest BCUT2D eigenvalue weighted by atomic mass is 9.79. The summed E-state index contributed by atoms with van der Waals surface area (Å²) in [4.78, 5) is 4.99. The molecule has 4 heteroatoms. The van der Waals surface area contributed by atoms with Crippen LogP contribution in [0.3, 0.4) is 0 Å². The average molecular weight is 289 g/mol. The van der Waals surface area contributed by atoms with E-state index >= 15 is 0 Å². The fourth-order valence-electron chi connectivity index (χ4n) is 3.98. The van der Waals surface area contributed by atoms with Gasteiger partial charge in [-0.3, -0.25) is 4.90 Å². The van der Waals surface area contributed by atoms with Gasteiger partial charge >= 0.3 is 0 Å². The summed E-state index contributed by atoms with van der Waals surface area (Å²) < 4.78 is 5.96. The summed E-state index contributed by atoms with van der Waals surface area (Å²) in [5, 5.41) is 0. The molecule has 1 aromatic carbocycles. The van der Waals surface area contributed by atoms with Crippen LogP contribution in [-0.2, 0) is 5.54 Å². The van der Waals surface area contributed by atoms with E-state index in [2.05, 4.69) is 42.8 Å². The fraction of sp³-hybridized carbons (Fsp3) is 0.647. The van der Waals surface area contributed by atoms with Crippen LogP contribution >= 0.6 is 0 Å². The zero-order valence-electron chi connectivity index (χ0n) is 13.5. The van der Waals surface area contributed by atoms with Crippen molar-refractivity contribution in [1.82, 2.24) is 9.80 Å². The van der Waals surface area contributed by atoms with E-state index in [-0.39, 0.29) is 5.54 Å². The number of piperazine rings is 1. The standard InChI is InChI=1S/C17H27N3O/c1-13-10-14(2)16-15(11-13)21-9-4-17(16,12-18)20-7-5-19(3)6-8-20/h10-11H,4-9,12,18H2,1-3H3. The highest BCUT2D eigenvalue weighted by molar-refractivity contribution is 5.49. The van der Waals surface area contributed by atoms with E-state index in [1.165, 1.54) is 16.7 Å². The maximum atomic E-state index is 6.31. The second-order valence-electron chi connectivity index (χ2n) is 6.58. The molecule has 2 aliphatic rings. The number of ether oxygens (including phenoxy) is 1. The Balaban J connectivity index is 2.04. The summed E-state index contributed by atoms with van der Waals surface area (Å²) >= 11 is 0. The molecular formula is C17H27N3O. The van der Waals surface area contributed by atoms with Crippen molar-refractivity contribution in [3.8, 4) is 5.75 Å². The number of aryl methyl sites for hydroxylation is 2. The molecule has 0 aliphatic carbocycles. The summed E-state index contributed by atoms with van der Waals surface area (Å²) in [6.45, 7) is 10.1. The van der Waals surface area contributed by atoms with Crippen LogP contribution in [0.4, 0.5) is 0 Å². The van der Waals surface area contributed by atoms with Gasteiger partial charge < -0.3 is 15.4 Å². The first kappa shape index (κ1) is 14.8. The maximum Gasteiger partial charge on any atom is 0.124 e. The van der Waals surface area contributed by atoms with Crippen molar-refractivity contribution in [1.29, 1.82) is 0 Å². The van der Waals surface area contributed by atoms with Crippen LogP contribution in [-0.4, -0.2) is 56.2 Å². The minimum Gasteiger partial charge on any atom is -0.493 e. The van der Waals surface area contributed by atoms with Gasteiger partial charge in [0, 0.05) is 44.7 Å². The Morgan fingerprint density at radius 2 is 1.90 bits per heavy atom. The summed E-state index contributed by atoms with van der Waals surface area (Å²) in [5.74, 6) is 1.04. The Kier molecular flexibility index (Phi) is 3.95. The van der Waals surface area contributed by atoms with Gasteiger partial charge in [0.1, 0.15) is 5.75 Å². The third-order valence-corrected chi connectivity index (χ3v) is 5.13. The third-order valence-electron chi connectivity index (χ3n) is 5.13. The van der Waals surface area contributed by atoms with Crippen molar-refractivity contribution in [3.63, 3.8) is 0 Å². The summed E-state index contributed by atoms with van der Waals surface area (Å²) in [6, 6.07) is 4.43. The Labute approximate surface area is 127 Å². The van der Waals surface area contributed by atoms with Crippen LogP contribution in [0.25, 0.3) is 0 Å². The molecule has 2 N–H and O–H groups in total. The lowest BCUT2D eigenvalue weighted by Crippen LogP contribution is -2.59. The predicted molar refractivity (Wildman–Crippen MR) is 85.8 cm³/mol. The van der Waals surface area contributed by atoms with Crippen LogP contribution in [0, 0.1) is 13.8 Å². The second-order valence-corrected chi connectivity index (χ2v) is 6.58. The van der Waals surface area contributed by atoms with Crippen molar-refractivity contribution < 1.29 is 4.74 Å². The number of nitrogens with two attached hydrogens (primary N) is 1. The van der Waals surface area contributed by atoms with Gasteiger partial charge in [-0.1, -0.05) is 6.07 Å². The van der Waals surface area contributed by atoms with E-state index in [9.17, 15) is 0 Å². The molecule has 0 spiro atoms. The molecule has 2 heterocycles. The summed E-state index contributed by atoms with van der Waals surface area (Å²) in [7, 11) is 2.19. The number of benzene rings is 1. The van der Waals surface area contributed by atoms with E-state index in [1.54, 1.807) is 0 Å². The van der Waals surface area contributed by atoms with Gasteiger partial charge in [0.25, 0.3) is 0 Å². The van der Waals surface area contributed by atoms with Gasteiger partial charge in [-0.15, -0.1) is 0 Å². The Morgan fingerprint density at radius 1 is 1.19 bits per heavy atom. The lowest BCUT2D eigenvalue weighted by molar-refractivity contribution is 0.0134. The quantitative estimate of drug-likeness (QED) is 0.895. The molecule has 0 bridgehead atoms. The summed E-state index contributed by atoms with van der Waals surface area (Å²) in [5.41, 5.74) is 10.2. The van der Waals surface area contributed by atoms with E-state index in [0.717, 1.165) is 45.0 Å². The number of hydrogen-bond acceptors (Lipinski definition) is 4. The smallest absolute Gasteiger partial charge is 0.124 e. The molecule has 1 saturated heterocycles. The molecule has 0 aromatic heterocycles. The molecule has 1 fully saturated rings. The number of likely N-dealkylation sites (N-methyl/N-ethyl adjacent to an activating group) is 1. The number of rotatable bonds is 2. The zero-order valence-corrected chi connectivity index (χ0v) is 13.5. The van der Waals surface area contributed by atoms with Crippen molar-refractivity contribution >= 4 is 0 Å². The highest BCUT2D eigenvalue weighted by Gasteiger charge is 2.43. The van der Waals surface area contributed by atoms with Crippen LogP contribution < -0.4 is 10.5 Å². The Morgan fingerprint density at radius 3 is 2.57 bits per heavy atom. The first-order valence-corrected chi connectivity index (χ1v) is 7.95. The molecule has 3 rings (SSSR count). The summed E-state index contributed by atoms with van der Waals surface area (Å²) in [6.07, 6.45) is 0.990. The van der Waals surface area contributed by atoms with Gasteiger partial charge in [0.2, 0.25) is 0 Å². The fourth-order valence-corrected chi connectivity index (χ4v) is 3.98. The van der Waals surface area contributed by atoms with Crippen molar-refractivity contribution in [2.75, 3.05) is 46.4 Å². The average Bonchev–Trinajstić information content (AvgIpc) is 2.46. The van der Waals surface area contributed by atoms with Gasteiger partial charge in [0.05, 0.1) is 12.1 Å². The highest BCUT2D eigenvalue weighted by Crippen LogP contribution is 2.43. The monoisotopic (exact) mass is 289 g/mol. The van der Waals surface area contributed by atoms with Crippen molar-refractivity contribution in [2.24, 2.45) is 5.73 Å². The first-order valence-electron chi connectivity index (χ1n) is 7.95. The molecule has 0 saturated carbocycles. The van der Waals surface area contributed by atoms with Gasteiger partial charge in [-0.25, -0.2) is 0 Å². The topological polar surface area (TPSA) is 41.7 Å². The predicted octanol–water partition coefficient (Wildman–Crippen LogP) is 1.49. The van der Waals surface area contributed by atoms with Crippen molar-refractivity contribution in [3.05, 3.63) is 28.8 Å². The van der Waals surface area contributed by atoms with Gasteiger partial charge in [-0.05, 0) is 38.1 Å². The zero-order chi connectivity index (χ0) is 15.0. The third kappa shape index (κ3) is 2.45. The van der Waals surface area contributed by atoms with Crippen molar-refractivity contribution in [2.45, 2.75) is 25.8 Å². The number of fused-ring (bicyclic) bond motifs is 1. The molecule has 1 aromatic rings. The van der Waals surface area contributed by atoms with E-state index in [0.29, 0.717) is 6.54 Å². The van der Waals surface area contributed by atoms with E-state index < -0.39 is 0 Å². The van der Waals surface area contributed by atoms with Crippen LogP contribution in [0.15, 0.2) is 12.1 Å². The normalized spacial score (nSPS) is 27.2. The van der Waals surface area contributed by atoms with Gasteiger partial charge in [0.15, 0.2) is 0 Å². The molecule has 1 atom stereocenters. The lowest BCUT2D eigenvalue weighted by Gasteiger charge is -2.50. The highest BCUT2D eigenvalue weighted by atomic mass is 16.5. The SMILES string of the molecule is Cc1cc(C)c2c(c1)OCCC2(CN)N1CCN(C)CC1. The molecule has 2 aliphatic heterocycles. The molecule has 0 amide bonds. The number of nitrogens with zero attached hydrogens (tertiary/aromatic N) is 2. The molecule has 116 valence electrons. The first-order chi connectivity index (χ1) is 10.1. The van der Waals surface area contributed by atoms with Crippen LogP contribution in [0.5, 0.6) is 5.75 Å². The minimum atomic E-state index is -0.0490. The number of hydrogen-bond donors (Lipinski definition) is 1. The van der Waals surface area contributed by atoms with Crippen LogP contribution in [0.2, 0.25) is 0 Å². The van der Waals surface area contributed by atoms with E-state index in [4.69, 9.17) is 10.5 Å². The molecule has 21 heavy (non-hydrogen) atoms. The minimum absolute atomic E-state index is 0.0490. The Hall–Kier alpha value is -1.10.